The first-order valence-corrected chi connectivity index (χ1v) is 7.19. The van der Waals surface area contributed by atoms with Gasteiger partial charge in [-0.25, -0.2) is 0 Å². The van der Waals surface area contributed by atoms with Gasteiger partial charge in [-0.05, 0) is 67.1 Å². The molecule has 4 saturated carbocycles. The summed E-state index contributed by atoms with van der Waals surface area (Å²) in [5, 5.41) is 0. The Balaban J connectivity index is 1.79. The van der Waals surface area contributed by atoms with E-state index in [0.717, 1.165) is 12.5 Å². The topological polar surface area (TPSA) is 9.23 Å². The van der Waals surface area contributed by atoms with Gasteiger partial charge in [0.2, 0.25) is 0 Å². The Morgan fingerprint density at radius 1 is 1.12 bits per heavy atom. The molecular formula is C16H26O. The van der Waals surface area contributed by atoms with Gasteiger partial charge in [-0.15, -0.1) is 0 Å². The van der Waals surface area contributed by atoms with Crippen LogP contribution in [0.1, 0.15) is 58.8 Å². The quantitative estimate of drug-likeness (QED) is 0.513. The van der Waals surface area contributed by atoms with Gasteiger partial charge in [-0.3, -0.25) is 0 Å². The van der Waals surface area contributed by atoms with Gasteiger partial charge < -0.3 is 4.74 Å². The largest absolute Gasteiger partial charge is 0.502 e. The minimum absolute atomic E-state index is 0.603. The highest BCUT2D eigenvalue weighted by atomic mass is 16.5. The molecule has 4 aliphatic rings. The zero-order valence-corrected chi connectivity index (χ0v) is 11.4. The minimum Gasteiger partial charge on any atom is -0.502 e. The third kappa shape index (κ3) is 1.92. The molecule has 0 aromatic heterocycles. The lowest BCUT2D eigenvalue weighted by Crippen LogP contribution is -2.55. The van der Waals surface area contributed by atoms with E-state index in [-0.39, 0.29) is 0 Å². The molecule has 4 bridgehead atoms. The van der Waals surface area contributed by atoms with E-state index in [1.807, 2.05) is 0 Å². The second-order valence-electron chi connectivity index (χ2n) is 7.92. The number of hydrogen-bond donors (Lipinski definition) is 0. The molecule has 0 saturated heterocycles. The highest BCUT2D eigenvalue weighted by Crippen LogP contribution is 2.70. The van der Waals surface area contributed by atoms with Crippen LogP contribution in [0.15, 0.2) is 12.8 Å². The Morgan fingerprint density at radius 3 is 2.29 bits per heavy atom. The number of ether oxygens (including phenoxy) is 1. The monoisotopic (exact) mass is 234 g/mol. The normalized spacial score (nSPS) is 51.5. The van der Waals surface area contributed by atoms with E-state index >= 15 is 0 Å². The lowest BCUT2D eigenvalue weighted by molar-refractivity contribution is -0.150. The van der Waals surface area contributed by atoms with Crippen molar-refractivity contribution in [2.45, 2.75) is 58.8 Å². The fourth-order valence-corrected chi connectivity index (χ4v) is 6.32. The van der Waals surface area contributed by atoms with Crippen LogP contribution < -0.4 is 0 Å². The maximum atomic E-state index is 5.40. The summed E-state index contributed by atoms with van der Waals surface area (Å²) in [7, 11) is 0. The first-order chi connectivity index (χ1) is 7.97. The lowest BCUT2D eigenvalue weighted by Gasteiger charge is -2.65. The van der Waals surface area contributed by atoms with Crippen molar-refractivity contribution >= 4 is 0 Å². The van der Waals surface area contributed by atoms with Crippen molar-refractivity contribution in [2.24, 2.45) is 22.2 Å². The van der Waals surface area contributed by atoms with Gasteiger partial charge in [-0.2, -0.15) is 0 Å². The molecule has 1 heteroatoms. The SMILES string of the molecule is C=COCCC12CC3CC(C)(CC(C)(C3)C1)C2. The Kier molecular flexibility index (Phi) is 2.41. The molecule has 96 valence electrons. The molecule has 4 aliphatic carbocycles. The van der Waals surface area contributed by atoms with Crippen LogP contribution in [0.25, 0.3) is 0 Å². The standard InChI is InChI=1S/C16H26O/c1-4-17-6-5-16-9-13-7-14(2,11-16)10-15(3,8-13)12-16/h4,13H,1,5-12H2,2-3H3. The van der Waals surface area contributed by atoms with Crippen LogP contribution in [0.5, 0.6) is 0 Å². The van der Waals surface area contributed by atoms with E-state index in [0.29, 0.717) is 16.2 Å². The summed E-state index contributed by atoms with van der Waals surface area (Å²) in [5.74, 6) is 1.00. The summed E-state index contributed by atoms with van der Waals surface area (Å²) >= 11 is 0. The molecule has 4 fully saturated rings. The average molecular weight is 234 g/mol. The van der Waals surface area contributed by atoms with E-state index in [1.54, 1.807) is 6.26 Å². The molecule has 0 aliphatic heterocycles. The first-order valence-electron chi connectivity index (χ1n) is 7.19. The summed E-state index contributed by atoms with van der Waals surface area (Å²) in [6, 6.07) is 0. The van der Waals surface area contributed by atoms with Gasteiger partial charge in [0.05, 0.1) is 12.9 Å². The maximum Gasteiger partial charge on any atom is 0.0878 e. The molecule has 0 aromatic rings. The van der Waals surface area contributed by atoms with Crippen LogP contribution in [0, 0.1) is 22.2 Å². The fourth-order valence-electron chi connectivity index (χ4n) is 6.32. The lowest BCUT2D eigenvalue weighted by atomic mass is 9.40. The molecule has 2 unspecified atom stereocenters. The second-order valence-corrected chi connectivity index (χ2v) is 7.92. The zero-order valence-electron chi connectivity index (χ0n) is 11.4. The minimum atomic E-state index is 0.603. The van der Waals surface area contributed by atoms with Gasteiger partial charge in [0.25, 0.3) is 0 Å². The predicted molar refractivity (Wildman–Crippen MR) is 70.6 cm³/mol. The van der Waals surface area contributed by atoms with Crippen LogP contribution in [-0.2, 0) is 4.74 Å². The average Bonchev–Trinajstić information content (AvgIpc) is 2.11. The van der Waals surface area contributed by atoms with Crippen LogP contribution >= 0.6 is 0 Å². The van der Waals surface area contributed by atoms with Crippen molar-refractivity contribution in [2.75, 3.05) is 6.61 Å². The Morgan fingerprint density at radius 2 is 1.76 bits per heavy atom. The number of rotatable bonds is 4. The van der Waals surface area contributed by atoms with Crippen molar-refractivity contribution in [3.05, 3.63) is 12.8 Å². The molecule has 0 aromatic carbocycles. The molecule has 0 amide bonds. The van der Waals surface area contributed by atoms with E-state index < -0.39 is 0 Å². The Bertz CT molecular complexity index is 314. The molecule has 0 spiro atoms. The smallest absolute Gasteiger partial charge is 0.0878 e. The van der Waals surface area contributed by atoms with Gasteiger partial charge in [0.15, 0.2) is 0 Å². The highest BCUT2D eigenvalue weighted by molar-refractivity contribution is 5.10. The van der Waals surface area contributed by atoms with Crippen LogP contribution in [0.3, 0.4) is 0 Å². The van der Waals surface area contributed by atoms with Crippen molar-refractivity contribution < 1.29 is 4.74 Å². The number of hydrogen-bond acceptors (Lipinski definition) is 1. The molecule has 4 rings (SSSR count). The van der Waals surface area contributed by atoms with Crippen LogP contribution in [0.4, 0.5) is 0 Å². The van der Waals surface area contributed by atoms with E-state index in [1.165, 1.54) is 44.9 Å². The van der Waals surface area contributed by atoms with E-state index in [9.17, 15) is 0 Å². The molecule has 17 heavy (non-hydrogen) atoms. The molecule has 0 heterocycles. The van der Waals surface area contributed by atoms with Crippen LogP contribution in [-0.4, -0.2) is 6.61 Å². The summed E-state index contributed by atoms with van der Waals surface area (Å²) in [4.78, 5) is 0. The van der Waals surface area contributed by atoms with Crippen molar-refractivity contribution in [1.82, 2.24) is 0 Å². The zero-order chi connectivity index (χ0) is 12.1. The van der Waals surface area contributed by atoms with Gasteiger partial charge in [0.1, 0.15) is 0 Å². The molecule has 1 nitrogen and oxygen atoms in total. The van der Waals surface area contributed by atoms with Gasteiger partial charge >= 0.3 is 0 Å². The van der Waals surface area contributed by atoms with Gasteiger partial charge in [0, 0.05) is 0 Å². The van der Waals surface area contributed by atoms with E-state index in [4.69, 9.17) is 4.74 Å². The molecule has 0 N–H and O–H groups in total. The predicted octanol–water partition coefficient (Wildman–Crippen LogP) is 4.53. The summed E-state index contributed by atoms with van der Waals surface area (Å²) in [6.07, 6.45) is 11.7. The highest BCUT2D eigenvalue weighted by Gasteiger charge is 2.59. The summed E-state index contributed by atoms with van der Waals surface area (Å²) < 4.78 is 5.40. The third-order valence-corrected chi connectivity index (χ3v) is 5.61. The van der Waals surface area contributed by atoms with Crippen LogP contribution in [0.2, 0.25) is 0 Å². The molecule has 0 radical (unpaired) electrons. The van der Waals surface area contributed by atoms with Crippen molar-refractivity contribution in [3.8, 4) is 0 Å². The van der Waals surface area contributed by atoms with Gasteiger partial charge in [-0.1, -0.05) is 20.4 Å². The maximum absolute atomic E-state index is 5.40. The van der Waals surface area contributed by atoms with Crippen molar-refractivity contribution in [3.63, 3.8) is 0 Å². The second kappa shape index (κ2) is 3.52. The first kappa shape index (κ1) is 11.6. The Hall–Kier alpha value is -0.460. The fraction of sp³-hybridized carbons (Fsp3) is 0.875. The Labute approximate surface area is 106 Å². The third-order valence-electron chi connectivity index (χ3n) is 5.61. The molecule has 2 atom stereocenters. The summed E-state index contributed by atoms with van der Waals surface area (Å²) in [6.45, 7) is 9.61. The van der Waals surface area contributed by atoms with Crippen molar-refractivity contribution in [1.29, 1.82) is 0 Å². The molecular weight excluding hydrogens is 208 g/mol. The summed E-state index contributed by atoms with van der Waals surface area (Å²) in [5.41, 5.74) is 1.89. The van der Waals surface area contributed by atoms with E-state index in [2.05, 4.69) is 20.4 Å².